The molecule has 140 valence electrons. The van der Waals surface area contributed by atoms with E-state index < -0.39 is 5.43 Å². The highest BCUT2D eigenvalue weighted by Crippen LogP contribution is 2.41. The third-order valence-electron chi connectivity index (χ3n) is 4.15. The molecule has 2 N–H and O–H groups in total. The summed E-state index contributed by atoms with van der Waals surface area (Å²) < 4.78 is 10.8. The first-order chi connectivity index (χ1) is 12.2. The summed E-state index contributed by atoms with van der Waals surface area (Å²) in [5.41, 5.74) is 2.62. The molecule has 0 saturated heterocycles. The molecule has 1 aromatic heterocycles. The van der Waals surface area contributed by atoms with E-state index in [1.165, 1.54) is 0 Å². The normalized spacial score (nSPS) is 10.7. The van der Waals surface area contributed by atoms with E-state index in [1.54, 1.807) is 6.92 Å². The molecule has 0 bridgehead atoms. The Kier molecular flexibility index (Phi) is 6.14. The van der Waals surface area contributed by atoms with Gasteiger partial charge in [-0.05, 0) is 47.5 Å². The zero-order valence-corrected chi connectivity index (χ0v) is 16.9. The van der Waals surface area contributed by atoms with Crippen LogP contribution < -0.4 is 9.95 Å². The first-order valence-corrected chi connectivity index (χ1v) is 8.82. The Morgan fingerprint density at radius 3 is 2.08 bits per heavy atom. The summed E-state index contributed by atoms with van der Waals surface area (Å²) >= 11 is 0. The summed E-state index contributed by atoms with van der Waals surface area (Å²) in [5, 5.41) is 21.5. The molecule has 0 aliphatic carbocycles. The Morgan fingerprint density at radius 2 is 1.58 bits per heavy atom. The largest absolute Gasteiger partial charge is 0.507 e. The van der Waals surface area contributed by atoms with Gasteiger partial charge < -0.3 is 19.2 Å². The van der Waals surface area contributed by atoms with Crippen LogP contribution in [0.15, 0.2) is 32.5 Å². The average Bonchev–Trinajstić information content (AvgIpc) is 2.53. The number of aryl methyl sites for hydroxylation is 1. The Hall–Kier alpha value is -2.26. The Balaban J connectivity index is 2.95. The van der Waals surface area contributed by atoms with Crippen LogP contribution in [-0.4, -0.2) is 10.2 Å². The number of fused-ring (bicyclic) bond motifs is 1. The highest BCUT2D eigenvalue weighted by Gasteiger charge is 2.24. The maximum absolute atomic E-state index is 12.8. The number of phenols is 2. The molecule has 0 aliphatic heterocycles. The van der Waals surface area contributed by atoms with E-state index >= 15 is 0 Å². The molecule has 6 heteroatoms. The maximum atomic E-state index is 12.8. The number of hydrogen-bond donors (Lipinski definition) is 2. The molecule has 0 spiro atoms. The topological polar surface area (TPSA) is 79.9 Å². The second-order valence-electron chi connectivity index (χ2n) is 6.76. The van der Waals surface area contributed by atoms with Crippen molar-refractivity contribution in [2.45, 2.75) is 47.5 Å². The van der Waals surface area contributed by atoms with Gasteiger partial charge >= 0.3 is 0 Å². The van der Waals surface area contributed by atoms with E-state index in [1.807, 2.05) is 49.3 Å². The summed E-state index contributed by atoms with van der Waals surface area (Å²) in [4.78, 5) is 12.8. The molecule has 0 amide bonds. The molecule has 1 heterocycles. The summed E-state index contributed by atoms with van der Waals surface area (Å²) in [7, 11) is 2.02. The molecule has 0 aliphatic rings. The number of benzene rings is 1. The van der Waals surface area contributed by atoms with Crippen LogP contribution in [0.3, 0.4) is 0 Å². The fourth-order valence-electron chi connectivity index (χ4n) is 2.74. The molecule has 0 radical (unpaired) electrons. The zero-order valence-electron chi connectivity index (χ0n) is 15.8. The molecule has 1 atom stereocenters. The van der Waals surface area contributed by atoms with Crippen molar-refractivity contribution in [2.24, 2.45) is 0 Å². The molecule has 2 rings (SSSR count). The molecular weight excluding hydrogens is 351 g/mol. The van der Waals surface area contributed by atoms with Gasteiger partial charge in [0.1, 0.15) is 28.2 Å². The fraction of sp³-hybridized carbons (Fsp3) is 0.350. The van der Waals surface area contributed by atoms with E-state index in [9.17, 15) is 15.0 Å². The standard InChI is InChI=1S/C20H25O5P/c1-10(2)6-8-13-16(21)14(9-7-11(3)4)20-15(17(13)22)18(23)19(25-26)12(5)24-20/h6-7,21-22H,8-9,26H2,1-5H3. The maximum Gasteiger partial charge on any atom is 0.238 e. The van der Waals surface area contributed by atoms with Crippen molar-refractivity contribution >= 4 is 20.4 Å². The van der Waals surface area contributed by atoms with Gasteiger partial charge in [-0.15, -0.1) is 0 Å². The smallest absolute Gasteiger partial charge is 0.238 e. The second kappa shape index (κ2) is 7.96. The van der Waals surface area contributed by atoms with Crippen LogP contribution >= 0.6 is 9.47 Å². The van der Waals surface area contributed by atoms with Gasteiger partial charge in [0.2, 0.25) is 11.2 Å². The van der Waals surface area contributed by atoms with Crippen LogP contribution in [0.5, 0.6) is 17.2 Å². The van der Waals surface area contributed by atoms with Gasteiger partial charge in [0.25, 0.3) is 0 Å². The van der Waals surface area contributed by atoms with E-state index in [-0.39, 0.29) is 34.0 Å². The fourth-order valence-corrected chi connectivity index (χ4v) is 3.01. The van der Waals surface area contributed by atoms with Gasteiger partial charge in [0.15, 0.2) is 0 Å². The molecule has 0 saturated carbocycles. The van der Waals surface area contributed by atoms with Crippen LogP contribution in [0, 0.1) is 6.92 Å². The van der Waals surface area contributed by atoms with Crippen molar-refractivity contribution in [1.29, 1.82) is 0 Å². The molecule has 0 fully saturated rings. The third kappa shape index (κ3) is 3.78. The van der Waals surface area contributed by atoms with Gasteiger partial charge in [0.05, 0.1) is 9.47 Å². The van der Waals surface area contributed by atoms with Crippen LogP contribution in [0.2, 0.25) is 0 Å². The summed E-state index contributed by atoms with van der Waals surface area (Å²) in [5.74, 6) is -0.0169. The van der Waals surface area contributed by atoms with Crippen molar-refractivity contribution in [3.05, 3.63) is 50.4 Å². The number of allylic oxidation sites excluding steroid dienone is 4. The number of aromatic hydroxyl groups is 2. The lowest BCUT2D eigenvalue weighted by Crippen LogP contribution is -2.08. The van der Waals surface area contributed by atoms with Crippen molar-refractivity contribution in [2.75, 3.05) is 0 Å². The van der Waals surface area contributed by atoms with Crippen molar-refractivity contribution in [3.8, 4) is 17.2 Å². The van der Waals surface area contributed by atoms with Gasteiger partial charge in [-0.2, -0.15) is 0 Å². The minimum absolute atomic E-state index is 0.0184. The lowest BCUT2D eigenvalue weighted by Gasteiger charge is -2.15. The quantitative estimate of drug-likeness (QED) is 0.584. The monoisotopic (exact) mass is 376 g/mol. The van der Waals surface area contributed by atoms with Crippen LogP contribution in [-0.2, 0) is 12.8 Å². The Bertz CT molecular complexity index is 959. The lowest BCUT2D eigenvalue weighted by atomic mass is 9.96. The second-order valence-corrected chi connectivity index (χ2v) is 7.00. The lowest BCUT2D eigenvalue weighted by molar-refractivity contribution is 0.435. The number of phenolic OH excluding ortho intramolecular Hbond substituents is 2. The van der Waals surface area contributed by atoms with Crippen molar-refractivity contribution in [1.82, 2.24) is 0 Å². The molecule has 5 nitrogen and oxygen atoms in total. The van der Waals surface area contributed by atoms with Crippen LogP contribution in [0.4, 0.5) is 0 Å². The van der Waals surface area contributed by atoms with E-state index in [0.717, 1.165) is 11.1 Å². The average molecular weight is 376 g/mol. The first-order valence-electron chi connectivity index (χ1n) is 8.35. The molecule has 1 aromatic carbocycles. The van der Waals surface area contributed by atoms with Gasteiger partial charge in [-0.3, -0.25) is 4.79 Å². The Labute approximate surface area is 155 Å². The Morgan fingerprint density at radius 1 is 1.04 bits per heavy atom. The third-order valence-corrected chi connectivity index (χ3v) is 4.39. The molecule has 26 heavy (non-hydrogen) atoms. The summed E-state index contributed by atoms with van der Waals surface area (Å²) in [6, 6.07) is 0. The van der Waals surface area contributed by atoms with Gasteiger partial charge in [-0.1, -0.05) is 23.3 Å². The predicted octanol–water partition coefficient (Wildman–Crippen LogP) is 4.70. The minimum atomic E-state index is -0.465. The van der Waals surface area contributed by atoms with Crippen LogP contribution in [0.25, 0.3) is 11.0 Å². The van der Waals surface area contributed by atoms with Gasteiger partial charge in [-0.25, -0.2) is 0 Å². The highest BCUT2D eigenvalue weighted by molar-refractivity contribution is 7.10. The zero-order chi connectivity index (χ0) is 19.6. The minimum Gasteiger partial charge on any atom is -0.507 e. The predicted molar refractivity (Wildman–Crippen MR) is 107 cm³/mol. The number of rotatable bonds is 5. The van der Waals surface area contributed by atoms with E-state index in [4.69, 9.17) is 8.94 Å². The highest BCUT2D eigenvalue weighted by atomic mass is 31.0. The van der Waals surface area contributed by atoms with E-state index in [0.29, 0.717) is 24.0 Å². The number of hydrogen-bond acceptors (Lipinski definition) is 5. The first kappa shape index (κ1) is 20.1. The summed E-state index contributed by atoms with van der Waals surface area (Å²) in [6.07, 6.45) is 4.51. The van der Waals surface area contributed by atoms with Crippen molar-refractivity contribution in [3.63, 3.8) is 0 Å². The molecule has 1 unspecified atom stereocenters. The molecule has 2 aromatic rings. The van der Waals surface area contributed by atoms with Crippen molar-refractivity contribution < 1.29 is 19.2 Å². The van der Waals surface area contributed by atoms with E-state index in [2.05, 4.69) is 0 Å². The molecular formula is C20H25O5P. The summed E-state index contributed by atoms with van der Waals surface area (Å²) in [6.45, 7) is 9.36. The van der Waals surface area contributed by atoms with Crippen LogP contribution in [0.1, 0.15) is 44.6 Å². The van der Waals surface area contributed by atoms with Gasteiger partial charge in [0, 0.05) is 11.1 Å². The SMILES string of the molecule is CC(C)=CCc1c(O)c(CC=C(C)C)c2oc(C)c(OP)c(=O)c2c1O.